The van der Waals surface area contributed by atoms with E-state index in [-0.39, 0.29) is 17.9 Å². The van der Waals surface area contributed by atoms with Gasteiger partial charge in [0.15, 0.2) is 5.82 Å². The van der Waals surface area contributed by atoms with Gasteiger partial charge < -0.3 is 14.6 Å². The van der Waals surface area contributed by atoms with Crippen molar-refractivity contribution in [3.05, 3.63) is 42.1 Å². The molecule has 0 aromatic carbocycles. The monoisotopic (exact) mass is 342 g/mol. The number of aryl methyl sites for hydroxylation is 1. The zero-order chi connectivity index (χ0) is 17.2. The molecule has 3 aromatic rings. The number of fused-ring (bicyclic) bond motifs is 1. The smallest absolute Gasteiger partial charge is 0.272 e. The van der Waals surface area contributed by atoms with Crippen LogP contribution in [0.3, 0.4) is 0 Å². The number of nitrogens with zero attached hydrogens (tertiary/aromatic N) is 5. The molecule has 130 valence electrons. The van der Waals surface area contributed by atoms with E-state index in [1.54, 1.807) is 36.0 Å². The summed E-state index contributed by atoms with van der Waals surface area (Å²) in [6.07, 6.45) is 6.72. The maximum atomic E-state index is 12.7. The van der Waals surface area contributed by atoms with Gasteiger partial charge in [-0.2, -0.15) is 4.98 Å². The van der Waals surface area contributed by atoms with Crippen molar-refractivity contribution in [3.63, 3.8) is 0 Å². The Hall–Kier alpha value is -2.81. The van der Waals surface area contributed by atoms with E-state index in [9.17, 15) is 4.79 Å². The maximum Gasteiger partial charge on any atom is 0.272 e. The molecule has 0 aliphatic carbocycles. The Morgan fingerprint density at radius 2 is 2.20 bits per heavy atom. The molecule has 1 unspecified atom stereocenters. The lowest BCUT2D eigenvalue weighted by atomic mass is 9.91. The predicted molar refractivity (Wildman–Crippen MR) is 85.8 cm³/mol. The summed E-state index contributed by atoms with van der Waals surface area (Å²) in [6.45, 7) is 3.06. The van der Waals surface area contributed by atoms with Crippen LogP contribution >= 0.6 is 0 Å². The molecular formula is C16H18N6O3. The normalized spacial score (nSPS) is 16.8. The van der Waals surface area contributed by atoms with Crippen molar-refractivity contribution >= 4 is 11.7 Å². The number of aromatic nitrogens is 5. The summed E-state index contributed by atoms with van der Waals surface area (Å²) in [7, 11) is 0. The first kappa shape index (κ1) is 15.7. The van der Waals surface area contributed by atoms with E-state index in [2.05, 4.69) is 25.4 Å². The van der Waals surface area contributed by atoms with Crippen LogP contribution in [0.25, 0.3) is 5.78 Å². The minimum atomic E-state index is -0.365. The number of hydrogen-bond acceptors (Lipinski definition) is 7. The Morgan fingerprint density at radius 1 is 1.36 bits per heavy atom. The summed E-state index contributed by atoms with van der Waals surface area (Å²) >= 11 is 0. The molecule has 25 heavy (non-hydrogen) atoms. The van der Waals surface area contributed by atoms with Crippen molar-refractivity contribution in [2.75, 3.05) is 13.2 Å². The number of rotatable bonds is 4. The average molecular weight is 342 g/mol. The first-order valence-electron chi connectivity index (χ1n) is 8.19. The van der Waals surface area contributed by atoms with Gasteiger partial charge in [-0.3, -0.25) is 9.20 Å². The summed E-state index contributed by atoms with van der Waals surface area (Å²) < 4.78 is 12.4. The van der Waals surface area contributed by atoms with Crippen LogP contribution in [0.15, 0.2) is 29.2 Å². The van der Waals surface area contributed by atoms with Gasteiger partial charge in [0.05, 0.1) is 0 Å². The van der Waals surface area contributed by atoms with E-state index in [0.717, 1.165) is 12.8 Å². The average Bonchev–Trinajstić information content (AvgIpc) is 3.26. The fraction of sp³-hybridized carbons (Fsp3) is 0.438. The highest BCUT2D eigenvalue weighted by atomic mass is 16.5. The molecule has 3 aromatic heterocycles. The molecule has 4 heterocycles. The fourth-order valence-corrected chi connectivity index (χ4v) is 3.02. The SMILES string of the molecule is Cc1noc(C(NC(=O)c2cn3cccnc3n2)C2CCOCC2)n1. The van der Waals surface area contributed by atoms with Crippen molar-refractivity contribution in [2.24, 2.45) is 5.92 Å². The van der Waals surface area contributed by atoms with Gasteiger partial charge >= 0.3 is 0 Å². The van der Waals surface area contributed by atoms with E-state index in [1.165, 1.54) is 0 Å². The van der Waals surface area contributed by atoms with Crippen LogP contribution in [0.5, 0.6) is 0 Å². The summed E-state index contributed by atoms with van der Waals surface area (Å²) in [5, 5.41) is 6.85. The number of hydrogen-bond donors (Lipinski definition) is 1. The lowest BCUT2D eigenvalue weighted by molar-refractivity contribution is 0.0467. The second kappa shape index (κ2) is 6.60. The minimum absolute atomic E-state index is 0.174. The van der Waals surface area contributed by atoms with Crippen molar-refractivity contribution in [2.45, 2.75) is 25.8 Å². The quantitative estimate of drug-likeness (QED) is 0.762. The topological polar surface area (TPSA) is 107 Å². The van der Waals surface area contributed by atoms with Crippen molar-refractivity contribution in [1.29, 1.82) is 0 Å². The maximum absolute atomic E-state index is 12.7. The van der Waals surface area contributed by atoms with E-state index < -0.39 is 0 Å². The van der Waals surface area contributed by atoms with Gasteiger partial charge in [0, 0.05) is 31.8 Å². The summed E-state index contributed by atoms with van der Waals surface area (Å²) in [5.41, 5.74) is 0.298. The van der Waals surface area contributed by atoms with Crippen molar-refractivity contribution in [1.82, 2.24) is 29.8 Å². The Bertz CT molecular complexity index is 850. The number of amides is 1. The lowest BCUT2D eigenvalue weighted by Crippen LogP contribution is -2.36. The second-order valence-corrected chi connectivity index (χ2v) is 6.03. The summed E-state index contributed by atoms with van der Waals surface area (Å²) in [4.78, 5) is 25.4. The number of imidazole rings is 1. The van der Waals surface area contributed by atoms with Crippen LogP contribution < -0.4 is 5.32 Å². The third-order valence-electron chi connectivity index (χ3n) is 4.30. The molecule has 1 saturated heterocycles. The molecule has 0 spiro atoms. The molecule has 1 N–H and O–H groups in total. The second-order valence-electron chi connectivity index (χ2n) is 6.03. The highest BCUT2D eigenvalue weighted by Crippen LogP contribution is 2.29. The molecule has 1 aliphatic heterocycles. The Morgan fingerprint density at radius 3 is 2.92 bits per heavy atom. The molecule has 1 aliphatic rings. The predicted octanol–water partition coefficient (Wildman–Crippen LogP) is 1.32. The molecule has 1 fully saturated rings. The Kier molecular flexibility index (Phi) is 4.14. The van der Waals surface area contributed by atoms with Gasteiger partial charge in [-0.05, 0) is 31.7 Å². The van der Waals surface area contributed by atoms with Gasteiger partial charge in [-0.15, -0.1) is 0 Å². The molecule has 1 atom stereocenters. The van der Waals surface area contributed by atoms with Gasteiger partial charge in [0.25, 0.3) is 5.91 Å². The van der Waals surface area contributed by atoms with Crippen LogP contribution in [-0.4, -0.2) is 43.6 Å². The number of carbonyl (C=O) groups is 1. The minimum Gasteiger partial charge on any atom is -0.381 e. The van der Waals surface area contributed by atoms with Crippen LogP contribution in [0, 0.1) is 12.8 Å². The van der Waals surface area contributed by atoms with Crippen LogP contribution in [-0.2, 0) is 4.74 Å². The van der Waals surface area contributed by atoms with Gasteiger partial charge in [0.2, 0.25) is 11.7 Å². The first-order chi connectivity index (χ1) is 12.2. The zero-order valence-corrected chi connectivity index (χ0v) is 13.8. The fourth-order valence-electron chi connectivity index (χ4n) is 3.02. The molecule has 4 rings (SSSR count). The summed E-state index contributed by atoms with van der Waals surface area (Å²) in [6, 6.07) is 1.41. The molecule has 0 saturated carbocycles. The van der Waals surface area contributed by atoms with Gasteiger partial charge in [-0.1, -0.05) is 5.16 Å². The molecule has 0 bridgehead atoms. The number of ether oxygens (including phenoxy) is 1. The van der Waals surface area contributed by atoms with Crippen molar-refractivity contribution < 1.29 is 14.1 Å². The third-order valence-corrected chi connectivity index (χ3v) is 4.30. The number of nitrogens with one attached hydrogen (secondary N) is 1. The van der Waals surface area contributed by atoms with Crippen LogP contribution in [0.2, 0.25) is 0 Å². The summed E-state index contributed by atoms with van der Waals surface area (Å²) in [5.74, 6) is 1.31. The molecule has 9 heteroatoms. The van der Waals surface area contributed by atoms with Gasteiger partial charge in [0.1, 0.15) is 11.7 Å². The van der Waals surface area contributed by atoms with Gasteiger partial charge in [-0.25, -0.2) is 9.97 Å². The van der Waals surface area contributed by atoms with E-state index in [0.29, 0.717) is 36.4 Å². The molecule has 9 nitrogen and oxygen atoms in total. The third kappa shape index (κ3) is 3.22. The Labute approximate surface area is 143 Å². The standard InChI is InChI=1S/C16H18N6O3/c1-10-18-15(25-21-10)13(11-3-7-24-8-4-11)20-14(23)12-9-22-6-2-5-17-16(22)19-12/h2,5-6,9,11,13H,3-4,7-8H2,1H3,(H,20,23). The highest BCUT2D eigenvalue weighted by molar-refractivity contribution is 5.92. The van der Waals surface area contributed by atoms with E-state index in [1.807, 2.05) is 0 Å². The molecule has 0 radical (unpaired) electrons. The van der Waals surface area contributed by atoms with Crippen molar-refractivity contribution in [3.8, 4) is 0 Å². The zero-order valence-electron chi connectivity index (χ0n) is 13.8. The number of carbonyl (C=O) groups excluding carboxylic acids is 1. The first-order valence-corrected chi connectivity index (χ1v) is 8.19. The van der Waals surface area contributed by atoms with Crippen LogP contribution in [0.1, 0.15) is 41.1 Å². The molecule has 1 amide bonds. The highest BCUT2D eigenvalue weighted by Gasteiger charge is 2.32. The Balaban J connectivity index is 1.59. The van der Waals surface area contributed by atoms with Crippen LogP contribution in [0.4, 0.5) is 0 Å². The molecular weight excluding hydrogens is 324 g/mol. The lowest BCUT2D eigenvalue weighted by Gasteiger charge is -2.28. The van der Waals surface area contributed by atoms with E-state index >= 15 is 0 Å². The van der Waals surface area contributed by atoms with E-state index in [4.69, 9.17) is 9.26 Å². The largest absolute Gasteiger partial charge is 0.381 e.